The van der Waals surface area contributed by atoms with Crippen molar-refractivity contribution in [2.75, 3.05) is 6.54 Å². The van der Waals surface area contributed by atoms with Gasteiger partial charge in [-0.3, -0.25) is 4.68 Å². The zero-order valence-electron chi connectivity index (χ0n) is 14.1. The number of benzene rings is 1. The fourth-order valence-electron chi connectivity index (χ4n) is 2.87. The molecule has 1 N–H and O–H groups in total. The van der Waals surface area contributed by atoms with Crippen LogP contribution in [-0.4, -0.2) is 16.3 Å². The van der Waals surface area contributed by atoms with E-state index in [-0.39, 0.29) is 6.04 Å². The number of aryl methyl sites for hydroxylation is 2. The van der Waals surface area contributed by atoms with E-state index < -0.39 is 0 Å². The summed E-state index contributed by atoms with van der Waals surface area (Å²) < 4.78 is 1.97. The maximum Gasteiger partial charge on any atom is 0.0647 e. The van der Waals surface area contributed by atoms with Crippen LogP contribution in [0.3, 0.4) is 0 Å². The average molecular weight is 285 g/mol. The van der Waals surface area contributed by atoms with E-state index in [1.807, 2.05) is 11.7 Å². The van der Waals surface area contributed by atoms with Crippen molar-refractivity contribution in [2.45, 2.75) is 46.6 Å². The lowest BCUT2D eigenvalue weighted by atomic mass is 9.94. The molecule has 3 nitrogen and oxygen atoms in total. The maximum absolute atomic E-state index is 4.56. The first-order valence-electron chi connectivity index (χ1n) is 7.79. The molecule has 1 atom stereocenters. The van der Waals surface area contributed by atoms with Crippen molar-refractivity contribution in [1.82, 2.24) is 15.1 Å². The summed E-state index contributed by atoms with van der Waals surface area (Å²) >= 11 is 0. The fourth-order valence-corrected chi connectivity index (χ4v) is 2.87. The first-order valence-corrected chi connectivity index (χ1v) is 7.79. The van der Waals surface area contributed by atoms with Crippen LogP contribution < -0.4 is 5.32 Å². The molecule has 0 bridgehead atoms. The first-order chi connectivity index (χ1) is 9.95. The van der Waals surface area contributed by atoms with Crippen molar-refractivity contribution in [3.63, 3.8) is 0 Å². The Bertz CT molecular complexity index is 594. The molecular weight excluding hydrogens is 258 g/mol. The van der Waals surface area contributed by atoms with Crippen LogP contribution in [0, 0.1) is 13.8 Å². The van der Waals surface area contributed by atoms with E-state index in [0.29, 0.717) is 5.92 Å². The van der Waals surface area contributed by atoms with Gasteiger partial charge in [0.05, 0.1) is 11.7 Å². The van der Waals surface area contributed by atoms with Gasteiger partial charge in [0, 0.05) is 18.3 Å². The molecule has 0 amide bonds. The minimum Gasteiger partial charge on any atom is -0.306 e. The lowest BCUT2D eigenvalue weighted by Gasteiger charge is -2.20. The van der Waals surface area contributed by atoms with Gasteiger partial charge in [-0.2, -0.15) is 5.10 Å². The number of rotatable bonds is 5. The quantitative estimate of drug-likeness (QED) is 0.904. The number of aromatic nitrogens is 2. The third kappa shape index (κ3) is 3.18. The second-order valence-electron chi connectivity index (χ2n) is 6.02. The average Bonchev–Trinajstić information content (AvgIpc) is 2.70. The standard InChI is InChI=1S/C18H27N3/c1-7-19-18(17-13(4)20-21(6)14(17)5)16-10-8-15(9-11-16)12(2)3/h8-12,18-19H,7H2,1-6H3. The van der Waals surface area contributed by atoms with Gasteiger partial charge in [-0.1, -0.05) is 45.0 Å². The van der Waals surface area contributed by atoms with Crippen molar-refractivity contribution in [2.24, 2.45) is 7.05 Å². The van der Waals surface area contributed by atoms with Gasteiger partial charge in [-0.05, 0) is 37.4 Å². The summed E-state index contributed by atoms with van der Waals surface area (Å²) in [7, 11) is 2.01. The zero-order valence-corrected chi connectivity index (χ0v) is 14.1. The summed E-state index contributed by atoms with van der Waals surface area (Å²) in [6.45, 7) is 11.8. The van der Waals surface area contributed by atoms with E-state index in [9.17, 15) is 0 Å². The van der Waals surface area contributed by atoms with E-state index in [1.54, 1.807) is 0 Å². The highest BCUT2D eigenvalue weighted by atomic mass is 15.3. The topological polar surface area (TPSA) is 29.9 Å². The Morgan fingerprint density at radius 3 is 2.10 bits per heavy atom. The highest BCUT2D eigenvalue weighted by Crippen LogP contribution is 2.28. The molecule has 3 heteroatoms. The van der Waals surface area contributed by atoms with Gasteiger partial charge in [0.15, 0.2) is 0 Å². The van der Waals surface area contributed by atoms with Crippen LogP contribution in [-0.2, 0) is 7.05 Å². The van der Waals surface area contributed by atoms with Gasteiger partial charge in [-0.15, -0.1) is 0 Å². The van der Waals surface area contributed by atoms with E-state index >= 15 is 0 Å². The maximum atomic E-state index is 4.56. The predicted molar refractivity (Wildman–Crippen MR) is 88.7 cm³/mol. The Labute approximate surface area is 128 Å². The fraction of sp³-hybridized carbons (Fsp3) is 0.500. The van der Waals surface area contributed by atoms with Crippen molar-refractivity contribution in [3.8, 4) is 0 Å². The molecule has 0 aliphatic rings. The molecule has 1 aromatic heterocycles. The van der Waals surface area contributed by atoms with Crippen LogP contribution in [0.15, 0.2) is 24.3 Å². The Hall–Kier alpha value is -1.61. The molecule has 0 saturated carbocycles. The summed E-state index contributed by atoms with van der Waals surface area (Å²) in [4.78, 5) is 0. The summed E-state index contributed by atoms with van der Waals surface area (Å²) in [6.07, 6.45) is 0. The normalized spacial score (nSPS) is 12.9. The minimum absolute atomic E-state index is 0.213. The minimum atomic E-state index is 0.213. The van der Waals surface area contributed by atoms with E-state index in [4.69, 9.17) is 0 Å². The highest BCUT2D eigenvalue weighted by molar-refractivity contribution is 5.38. The summed E-state index contributed by atoms with van der Waals surface area (Å²) in [5.41, 5.74) is 6.32. The Morgan fingerprint density at radius 2 is 1.67 bits per heavy atom. The van der Waals surface area contributed by atoms with Crippen LogP contribution in [0.2, 0.25) is 0 Å². The van der Waals surface area contributed by atoms with Crippen LogP contribution in [0.5, 0.6) is 0 Å². The molecule has 1 aromatic carbocycles. The second-order valence-corrected chi connectivity index (χ2v) is 6.02. The van der Waals surface area contributed by atoms with Crippen LogP contribution in [0.1, 0.15) is 60.8 Å². The molecule has 0 spiro atoms. The third-order valence-corrected chi connectivity index (χ3v) is 4.20. The zero-order chi connectivity index (χ0) is 15.6. The first kappa shape index (κ1) is 15.8. The molecule has 1 unspecified atom stereocenters. The third-order valence-electron chi connectivity index (χ3n) is 4.20. The molecule has 0 aliphatic carbocycles. The number of hydrogen-bond acceptors (Lipinski definition) is 2. The van der Waals surface area contributed by atoms with Gasteiger partial charge in [-0.25, -0.2) is 0 Å². The largest absolute Gasteiger partial charge is 0.306 e. The van der Waals surface area contributed by atoms with Crippen molar-refractivity contribution >= 4 is 0 Å². The molecule has 0 radical (unpaired) electrons. The van der Waals surface area contributed by atoms with E-state index in [0.717, 1.165) is 12.2 Å². The molecule has 0 fully saturated rings. The summed E-state index contributed by atoms with van der Waals surface area (Å²) in [6, 6.07) is 9.18. The molecule has 2 aromatic rings. The molecule has 0 aliphatic heterocycles. The molecular formula is C18H27N3. The summed E-state index contributed by atoms with van der Waals surface area (Å²) in [5.74, 6) is 0.568. The molecule has 21 heavy (non-hydrogen) atoms. The molecule has 114 valence electrons. The van der Waals surface area contributed by atoms with Gasteiger partial charge < -0.3 is 5.32 Å². The van der Waals surface area contributed by atoms with Crippen LogP contribution in [0.4, 0.5) is 0 Å². The summed E-state index contributed by atoms with van der Waals surface area (Å²) in [5, 5.41) is 8.17. The molecule has 0 saturated heterocycles. The lowest BCUT2D eigenvalue weighted by molar-refractivity contribution is 0.622. The van der Waals surface area contributed by atoms with E-state index in [2.05, 4.69) is 69.3 Å². The van der Waals surface area contributed by atoms with Crippen LogP contribution >= 0.6 is 0 Å². The second kappa shape index (κ2) is 6.44. The monoisotopic (exact) mass is 285 g/mol. The van der Waals surface area contributed by atoms with Gasteiger partial charge in [0.2, 0.25) is 0 Å². The Kier molecular flexibility index (Phi) is 4.84. The van der Waals surface area contributed by atoms with Crippen molar-refractivity contribution < 1.29 is 0 Å². The van der Waals surface area contributed by atoms with Crippen molar-refractivity contribution in [3.05, 3.63) is 52.3 Å². The van der Waals surface area contributed by atoms with Gasteiger partial charge in [0.25, 0.3) is 0 Å². The predicted octanol–water partition coefficient (Wildman–Crippen LogP) is 3.86. The smallest absolute Gasteiger partial charge is 0.0647 e. The van der Waals surface area contributed by atoms with Crippen LogP contribution in [0.25, 0.3) is 0 Å². The lowest BCUT2D eigenvalue weighted by Crippen LogP contribution is -2.23. The van der Waals surface area contributed by atoms with Gasteiger partial charge >= 0.3 is 0 Å². The Morgan fingerprint density at radius 1 is 1.10 bits per heavy atom. The van der Waals surface area contributed by atoms with Crippen molar-refractivity contribution in [1.29, 1.82) is 0 Å². The molecule has 2 rings (SSSR count). The molecule has 1 heterocycles. The number of nitrogens with zero attached hydrogens (tertiary/aromatic N) is 2. The van der Waals surface area contributed by atoms with E-state index in [1.165, 1.54) is 22.4 Å². The SMILES string of the molecule is CCNC(c1ccc(C(C)C)cc1)c1c(C)nn(C)c1C. The highest BCUT2D eigenvalue weighted by Gasteiger charge is 2.21. The Balaban J connectivity index is 2.43. The number of nitrogens with one attached hydrogen (secondary N) is 1. The van der Waals surface area contributed by atoms with Gasteiger partial charge in [0.1, 0.15) is 0 Å². The number of hydrogen-bond donors (Lipinski definition) is 1.